The first-order valence-corrected chi connectivity index (χ1v) is 9.02. The molecule has 10 nitrogen and oxygen atoms in total. The van der Waals surface area contributed by atoms with Crippen LogP contribution in [0.2, 0.25) is 0 Å². The van der Waals surface area contributed by atoms with E-state index in [4.69, 9.17) is 4.42 Å². The number of thioether (sulfide) groups is 1. The van der Waals surface area contributed by atoms with Gasteiger partial charge >= 0.3 is 0 Å². The summed E-state index contributed by atoms with van der Waals surface area (Å²) in [5.74, 6) is 0.407. The van der Waals surface area contributed by atoms with Crippen LogP contribution in [0.4, 0.5) is 11.4 Å². The molecular weight excluding hydrogens is 384 g/mol. The molecule has 1 N–H and O–H groups in total. The van der Waals surface area contributed by atoms with Crippen LogP contribution in [0.3, 0.4) is 0 Å². The Bertz CT molecular complexity index is 1140. The van der Waals surface area contributed by atoms with Crippen molar-refractivity contribution in [3.63, 3.8) is 0 Å². The molecule has 3 heterocycles. The van der Waals surface area contributed by atoms with E-state index in [9.17, 15) is 14.9 Å². The van der Waals surface area contributed by atoms with Gasteiger partial charge in [0, 0.05) is 17.8 Å². The molecule has 0 saturated carbocycles. The first-order chi connectivity index (χ1) is 13.6. The second-order valence-electron chi connectivity index (χ2n) is 5.59. The van der Waals surface area contributed by atoms with Crippen molar-refractivity contribution in [1.29, 1.82) is 0 Å². The molecule has 11 heteroatoms. The highest BCUT2D eigenvalue weighted by atomic mass is 32.2. The lowest BCUT2D eigenvalue weighted by Crippen LogP contribution is -2.14. The van der Waals surface area contributed by atoms with E-state index >= 15 is 0 Å². The standard InChI is InChI=1S/C17H12N6O4S/c24-16(18-11-3-5-12(6-4-11)23(25)26)10-28-17-20-19-15-8-7-13(21-22(15)17)14-2-1-9-27-14/h1-9H,10H2,(H,18,24). The van der Waals surface area contributed by atoms with Gasteiger partial charge in [-0.15, -0.1) is 10.2 Å². The summed E-state index contributed by atoms with van der Waals surface area (Å²) in [6.07, 6.45) is 1.56. The summed E-state index contributed by atoms with van der Waals surface area (Å²) < 4.78 is 6.89. The average Bonchev–Trinajstić information content (AvgIpc) is 3.36. The van der Waals surface area contributed by atoms with Crippen LogP contribution in [-0.2, 0) is 4.79 Å². The Kier molecular flexibility index (Phi) is 4.72. The molecule has 0 saturated heterocycles. The topological polar surface area (TPSA) is 128 Å². The second-order valence-corrected chi connectivity index (χ2v) is 6.53. The van der Waals surface area contributed by atoms with Gasteiger partial charge in [-0.25, -0.2) is 0 Å². The Morgan fingerprint density at radius 2 is 2.00 bits per heavy atom. The van der Waals surface area contributed by atoms with Gasteiger partial charge in [-0.3, -0.25) is 14.9 Å². The van der Waals surface area contributed by atoms with Crippen LogP contribution in [0.1, 0.15) is 0 Å². The summed E-state index contributed by atoms with van der Waals surface area (Å²) in [6, 6.07) is 12.7. The van der Waals surface area contributed by atoms with Crippen LogP contribution in [0, 0.1) is 10.1 Å². The molecule has 0 aliphatic heterocycles. The van der Waals surface area contributed by atoms with Gasteiger partial charge in [0.25, 0.3) is 5.69 Å². The van der Waals surface area contributed by atoms with Crippen molar-refractivity contribution in [2.24, 2.45) is 0 Å². The van der Waals surface area contributed by atoms with Crippen molar-refractivity contribution >= 4 is 34.7 Å². The summed E-state index contributed by atoms with van der Waals surface area (Å²) in [7, 11) is 0. The summed E-state index contributed by atoms with van der Waals surface area (Å²) in [5, 5.41) is 26.3. The summed E-state index contributed by atoms with van der Waals surface area (Å²) in [6.45, 7) is 0. The van der Waals surface area contributed by atoms with Crippen molar-refractivity contribution < 1.29 is 14.1 Å². The van der Waals surface area contributed by atoms with E-state index < -0.39 is 4.92 Å². The van der Waals surface area contributed by atoms with E-state index in [1.54, 1.807) is 35.0 Å². The third-order valence-electron chi connectivity index (χ3n) is 3.70. The maximum Gasteiger partial charge on any atom is 0.269 e. The number of carbonyl (C=O) groups is 1. The summed E-state index contributed by atoms with van der Waals surface area (Å²) in [5.41, 5.74) is 1.60. The lowest BCUT2D eigenvalue weighted by molar-refractivity contribution is -0.384. The molecule has 1 aromatic carbocycles. The first kappa shape index (κ1) is 17.7. The number of furan rings is 1. The number of aromatic nitrogens is 4. The van der Waals surface area contributed by atoms with Crippen molar-refractivity contribution in [2.45, 2.75) is 5.16 Å². The van der Waals surface area contributed by atoms with Crippen LogP contribution >= 0.6 is 11.8 Å². The van der Waals surface area contributed by atoms with Gasteiger partial charge in [-0.05, 0) is 36.4 Å². The van der Waals surface area contributed by atoms with Crippen LogP contribution in [0.5, 0.6) is 0 Å². The third kappa shape index (κ3) is 3.69. The molecule has 0 bridgehead atoms. The number of hydrogen-bond donors (Lipinski definition) is 1. The second kappa shape index (κ2) is 7.48. The number of nitro benzene ring substituents is 1. The highest BCUT2D eigenvalue weighted by molar-refractivity contribution is 7.99. The molecule has 0 aliphatic carbocycles. The molecule has 4 rings (SSSR count). The Morgan fingerprint density at radius 3 is 2.71 bits per heavy atom. The van der Waals surface area contributed by atoms with Crippen LogP contribution < -0.4 is 5.32 Å². The van der Waals surface area contributed by atoms with Crippen molar-refractivity contribution in [3.8, 4) is 11.5 Å². The van der Waals surface area contributed by atoms with Gasteiger partial charge < -0.3 is 9.73 Å². The third-order valence-corrected chi connectivity index (χ3v) is 4.62. The summed E-state index contributed by atoms with van der Waals surface area (Å²) in [4.78, 5) is 22.3. The number of anilines is 1. The molecule has 0 spiro atoms. The molecule has 0 aliphatic rings. The molecule has 28 heavy (non-hydrogen) atoms. The zero-order valence-electron chi connectivity index (χ0n) is 14.2. The fraction of sp³-hybridized carbons (Fsp3) is 0.0588. The maximum absolute atomic E-state index is 12.2. The monoisotopic (exact) mass is 396 g/mol. The van der Waals surface area contributed by atoms with E-state index in [0.29, 0.717) is 27.9 Å². The molecule has 1 amide bonds. The number of non-ortho nitro benzene ring substituents is 1. The number of carbonyl (C=O) groups excluding carboxylic acids is 1. The maximum atomic E-state index is 12.2. The SMILES string of the molecule is O=C(CSc1nnc2ccc(-c3ccco3)nn12)Nc1ccc([N+](=O)[O-])cc1. The van der Waals surface area contributed by atoms with Gasteiger partial charge in [0.15, 0.2) is 11.4 Å². The first-order valence-electron chi connectivity index (χ1n) is 8.03. The quantitative estimate of drug-likeness (QED) is 0.299. The van der Waals surface area contributed by atoms with E-state index in [0.717, 1.165) is 0 Å². The zero-order chi connectivity index (χ0) is 19.5. The Morgan fingerprint density at radius 1 is 1.18 bits per heavy atom. The van der Waals surface area contributed by atoms with E-state index in [-0.39, 0.29) is 17.3 Å². The highest BCUT2D eigenvalue weighted by Crippen LogP contribution is 2.21. The normalized spacial score (nSPS) is 10.9. The molecule has 0 fully saturated rings. The van der Waals surface area contributed by atoms with E-state index in [2.05, 4.69) is 20.6 Å². The predicted octanol–water partition coefficient (Wildman–Crippen LogP) is 3.02. The number of nitro groups is 1. The molecule has 140 valence electrons. The molecular formula is C17H12N6O4S. The molecule has 4 aromatic rings. The largest absolute Gasteiger partial charge is 0.463 e. The fourth-order valence-electron chi connectivity index (χ4n) is 2.41. The van der Waals surface area contributed by atoms with Crippen molar-refractivity contribution in [1.82, 2.24) is 19.8 Å². The smallest absolute Gasteiger partial charge is 0.269 e. The number of fused-ring (bicyclic) bond motifs is 1. The molecule has 0 atom stereocenters. The molecule has 0 radical (unpaired) electrons. The zero-order valence-corrected chi connectivity index (χ0v) is 15.0. The lowest BCUT2D eigenvalue weighted by atomic mass is 10.3. The van der Waals surface area contributed by atoms with Crippen LogP contribution in [0.25, 0.3) is 17.1 Å². The Labute approximate surface area is 161 Å². The summed E-state index contributed by atoms with van der Waals surface area (Å²) >= 11 is 1.17. The van der Waals surface area contributed by atoms with E-state index in [1.807, 2.05) is 0 Å². The molecule has 0 unspecified atom stereocenters. The van der Waals surface area contributed by atoms with Crippen LogP contribution in [-0.4, -0.2) is 36.4 Å². The number of nitrogens with one attached hydrogen (secondary N) is 1. The predicted molar refractivity (Wildman–Crippen MR) is 101 cm³/mol. The Balaban J connectivity index is 1.44. The van der Waals surface area contributed by atoms with Crippen molar-refractivity contribution in [2.75, 3.05) is 11.1 Å². The number of benzene rings is 1. The van der Waals surface area contributed by atoms with Gasteiger partial charge in [0.1, 0.15) is 5.69 Å². The minimum atomic E-state index is -0.498. The van der Waals surface area contributed by atoms with Crippen molar-refractivity contribution in [3.05, 3.63) is 64.9 Å². The number of rotatable bonds is 6. The number of nitrogens with zero attached hydrogens (tertiary/aromatic N) is 5. The average molecular weight is 396 g/mol. The fourth-order valence-corrected chi connectivity index (χ4v) is 3.10. The number of hydrogen-bond acceptors (Lipinski definition) is 8. The van der Waals surface area contributed by atoms with Gasteiger partial charge in [0.2, 0.25) is 11.1 Å². The highest BCUT2D eigenvalue weighted by Gasteiger charge is 2.13. The van der Waals surface area contributed by atoms with Crippen LogP contribution in [0.15, 0.2) is 64.4 Å². The van der Waals surface area contributed by atoms with Gasteiger partial charge in [-0.2, -0.15) is 9.61 Å². The minimum absolute atomic E-state index is 0.0410. The van der Waals surface area contributed by atoms with Gasteiger partial charge in [-0.1, -0.05) is 11.8 Å². The lowest BCUT2D eigenvalue weighted by Gasteiger charge is -2.04. The van der Waals surface area contributed by atoms with Gasteiger partial charge in [0.05, 0.1) is 16.9 Å². The Hall–Kier alpha value is -3.73. The number of amides is 1. The van der Waals surface area contributed by atoms with E-state index in [1.165, 1.54) is 36.0 Å². The minimum Gasteiger partial charge on any atom is -0.463 e. The molecule has 3 aromatic heterocycles.